The van der Waals surface area contributed by atoms with Gasteiger partial charge in [0.05, 0.1) is 0 Å². The molecule has 0 heterocycles. The van der Waals surface area contributed by atoms with Crippen LogP contribution in [0.1, 0.15) is 32.3 Å². The van der Waals surface area contributed by atoms with Gasteiger partial charge >= 0.3 is 0 Å². The van der Waals surface area contributed by atoms with Gasteiger partial charge in [-0.05, 0) is 30.4 Å². The third-order valence-corrected chi connectivity index (χ3v) is 4.57. The summed E-state index contributed by atoms with van der Waals surface area (Å²) in [6.45, 7) is 3.90. The SMILES string of the molecule is CC(C)(CCCO)CNS(=O)(=O)c1cccc(F)c1C#N. The van der Waals surface area contributed by atoms with Crippen LogP contribution < -0.4 is 4.72 Å². The molecule has 5 nitrogen and oxygen atoms in total. The van der Waals surface area contributed by atoms with E-state index in [1.165, 1.54) is 12.1 Å². The normalized spacial score (nSPS) is 12.1. The molecule has 0 fully saturated rings. The number of halogens is 1. The Bertz CT molecular complexity index is 636. The highest BCUT2D eigenvalue weighted by atomic mass is 32.2. The van der Waals surface area contributed by atoms with Gasteiger partial charge in [-0.1, -0.05) is 19.9 Å². The summed E-state index contributed by atoms with van der Waals surface area (Å²) in [5.41, 5.74) is -0.839. The van der Waals surface area contributed by atoms with Crippen molar-refractivity contribution in [2.75, 3.05) is 13.2 Å². The average Bonchev–Trinajstić information content (AvgIpc) is 2.43. The highest BCUT2D eigenvalue weighted by Gasteiger charge is 2.25. The standard InChI is InChI=1S/C14H19FN2O3S/c1-14(2,7-4-8-18)10-17-21(19,20)13-6-3-5-12(15)11(13)9-16/h3,5-6,17-18H,4,7-8,10H2,1-2H3. The van der Waals surface area contributed by atoms with Crippen LogP contribution in [0.4, 0.5) is 4.39 Å². The van der Waals surface area contributed by atoms with Gasteiger partial charge in [0, 0.05) is 13.2 Å². The quantitative estimate of drug-likeness (QED) is 0.802. The number of rotatable bonds is 7. The van der Waals surface area contributed by atoms with Crippen molar-refractivity contribution >= 4 is 10.0 Å². The van der Waals surface area contributed by atoms with Crippen molar-refractivity contribution in [1.82, 2.24) is 4.72 Å². The van der Waals surface area contributed by atoms with E-state index in [4.69, 9.17) is 10.4 Å². The minimum absolute atomic E-state index is 0.0403. The molecule has 0 radical (unpaired) electrons. The van der Waals surface area contributed by atoms with Crippen LogP contribution in [-0.2, 0) is 10.0 Å². The summed E-state index contributed by atoms with van der Waals surface area (Å²) >= 11 is 0. The molecule has 1 aromatic rings. The Labute approximate surface area is 124 Å². The van der Waals surface area contributed by atoms with E-state index in [0.29, 0.717) is 12.8 Å². The van der Waals surface area contributed by atoms with Crippen LogP contribution in [0.25, 0.3) is 0 Å². The number of benzene rings is 1. The van der Waals surface area contributed by atoms with Crippen molar-refractivity contribution in [2.24, 2.45) is 5.41 Å². The fourth-order valence-corrected chi connectivity index (χ4v) is 3.26. The van der Waals surface area contributed by atoms with Crippen molar-refractivity contribution in [1.29, 1.82) is 5.26 Å². The van der Waals surface area contributed by atoms with Gasteiger partial charge < -0.3 is 5.11 Å². The fourth-order valence-electron chi connectivity index (χ4n) is 1.85. The molecule has 0 bridgehead atoms. The zero-order chi connectivity index (χ0) is 16.1. The van der Waals surface area contributed by atoms with Gasteiger partial charge in [0.1, 0.15) is 22.3 Å². The zero-order valence-electron chi connectivity index (χ0n) is 12.1. The lowest BCUT2D eigenvalue weighted by atomic mass is 9.88. The summed E-state index contributed by atoms with van der Waals surface area (Å²) in [7, 11) is -3.96. The van der Waals surface area contributed by atoms with E-state index < -0.39 is 21.4 Å². The molecule has 0 aliphatic rings. The first-order chi connectivity index (χ1) is 9.73. The molecule has 0 spiro atoms. The van der Waals surface area contributed by atoms with Crippen molar-refractivity contribution in [3.05, 3.63) is 29.6 Å². The summed E-state index contributed by atoms with van der Waals surface area (Å²) < 4.78 is 40.3. The van der Waals surface area contributed by atoms with Crippen molar-refractivity contribution in [2.45, 2.75) is 31.6 Å². The third kappa shape index (κ3) is 4.77. The van der Waals surface area contributed by atoms with Crippen LogP contribution >= 0.6 is 0 Å². The van der Waals surface area contributed by atoms with Gasteiger partial charge in [0.25, 0.3) is 0 Å². The second-order valence-electron chi connectivity index (χ2n) is 5.54. The van der Waals surface area contributed by atoms with E-state index in [-0.39, 0.29) is 23.5 Å². The molecule has 0 saturated carbocycles. The van der Waals surface area contributed by atoms with E-state index in [1.54, 1.807) is 6.07 Å². The number of hydrogen-bond donors (Lipinski definition) is 2. The van der Waals surface area contributed by atoms with Gasteiger partial charge in [-0.3, -0.25) is 0 Å². The van der Waals surface area contributed by atoms with Crippen molar-refractivity contribution in [3.63, 3.8) is 0 Å². The first kappa shape index (κ1) is 17.6. The number of hydrogen-bond acceptors (Lipinski definition) is 4. The molecule has 116 valence electrons. The lowest BCUT2D eigenvalue weighted by Gasteiger charge is -2.24. The minimum Gasteiger partial charge on any atom is -0.396 e. The molecule has 0 unspecified atom stereocenters. The monoisotopic (exact) mass is 314 g/mol. The molecule has 0 saturated heterocycles. The van der Waals surface area contributed by atoms with Gasteiger partial charge in [-0.2, -0.15) is 5.26 Å². The Balaban J connectivity index is 2.94. The molecule has 1 rings (SSSR count). The van der Waals surface area contributed by atoms with Crippen LogP contribution in [0.5, 0.6) is 0 Å². The van der Waals surface area contributed by atoms with Crippen LogP contribution in [0.2, 0.25) is 0 Å². The molecule has 0 atom stereocenters. The Kier molecular flexibility index (Phi) is 5.84. The predicted molar refractivity (Wildman–Crippen MR) is 76.4 cm³/mol. The maximum Gasteiger partial charge on any atom is 0.242 e. The second-order valence-corrected chi connectivity index (χ2v) is 7.28. The molecular formula is C14H19FN2O3S. The maximum absolute atomic E-state index is 13.5. The summed E-state index contributed by atoms with van der Waals surface area (Å²) in [4.78, 5) is -0.358. The average molecular weight is 314 g/mol. The second kappa shape index (κ2) is 6.98. The van der Waals surface area contributed by atoms with Crippen LogP contribution in [-0.4, -0.2) is 26.7 Å². The number of nitriles is 1. The molecule has 7 heteroatoms. The van der Waals surface area contributed by atoms with Gasteiger partial charge in [-0.25, -0.2) is 17.5 Å². The van der Waals surface area contributed by atoms with Gasteiger partial charge in [0.2, 0.25) is 10.0 Å². The van der Waals surface area contributed by atoms with E-state index in [2.05, 4.69) is 4.72 Å². The van der Waals surface area contributed by atoms with E-state index in [9.17, 15) is 12.8 Å². The molecule has 21 heavy (non-hydrogen) atoms. The Morgan fingerprint density at radius 3 is 2.67 bits per heavy atom. The third-order valence-electron chi connectivity index (χ3n) is 3.13. The Hall–Kier alpha value is -1.49. The largest absolute Gasteiger partial charge is 0.396 e. The van der Waals surface area contributed by atoms with E-state index in [1.807, 2.05) is 13.8 Å². The fraction of sp³-hybridized carbons (Fsp3) is 0.500. The highest BCUT2D eigenvalue weighted by Crippen LogP contribution is 2.23. The van der Waals surface area contributed by atoms with Crippen LogP contribution in [0, 0.1) is 22.6 Å². The molecule has 2 N–H and O–H groups in total. The lowest BCUT2D eigenvalue weighted by Crippen LogP contribution is -2.34. The van der Waals surface area contributed by atoms with Crippen LogP contribution in [0.15, 0.2) is 23.1 Å². The minimum atomic E-state index is -3.96. The lowest BCUT2D eigenvalue weighted by molar-refractivity contribution is 0.242. The summed E-state index contributed by atoms with van der Waals surface area (Å²) in [5.74, 6) is -0.861. The van der Waals surface area contributed by atoms with Crippen molar-refractivity contribution in [3.8, 4) is 6.07 Å². The Morgan fingerprint density at radius 2 is 2.10 bits per heavy atom. The first-order valence-corrected chi connectivity index (χ1v) is 8.01. The van der Waals surface area contributed by atoms with E-state index in [0.717, 1.165) is 6.07 Å². The highest BCUT2D eigenvalue weighted by molar-refractivity contribution is 7.89. The molecule has 0 aromatic heterocycles. The smallest absolute Gasteiger partial charge is 0.242 e. The number of nitrogens with one attached hydrogen (secondary N) is 1. The predicted octanol–water partition coefficient (Wildman–Crippen LogP) is 1.77. The number of aliphatic hydroxyl groups excluding tert-OH is 1. The molecule has 1 aromatic carbocycles. The molecular weight excluding hydrogens is 295 g/mol. The van der Waals surface area contributed by atoms with Crippen molar-refractivity contribution < 1.29 is 17.9 Å². The van der Waals surface area contributed by atoms with E-state index >= 15 is 0 Å². The van der Waals surface area contributed by atoms with Crippen LogP contribution in [0.3, 0.4) is 0 Å². The number of nitrogens with zero attached hydrogens (tertiary/aromatic N) is 1. The summed E-state index contributed by atoms with van der Waals surface area (Å²) in [5, 5.41) is 17.7. The van der Waals surface area contributed by atoms with Gasteiger partial charge in [-0.15, -0.1) is 0 Å². The topological polar surface area (TPSA) is 90.2 Å². The summed E-state index contributed by atoms with van der Waals surface area (Å²) in [6, 6.07) is 5.07. The summed E-state index contributed by atoms with van der Waals surface area (Å²) in [6.07, 6.45) is 1.21. The number of aliphatic hydroxyl groups is 1. The Morgan fingerprint density at radius 1 is 1.43 bits per heavy atom. The molecule has 0 amide bonds. The first-order valence-electron chi connectivity index (χ1n) is 6.53. The zero-order valence-corrected chi connectivity index (χ0v) is 12.9. The maximum atomic E-state index is 13.5. The number of sulfonamides is 1. The molecule has 0 aliphatic carbocycles. The molecule has 0 aliphatic heterocycles. The van der Waals surface area contributed by atoms with Gasteiger partial charge in [0.15, 0.2) is 0 Å².